The molecule has 0 unspecified atom stereocenters. The molecule has 3 N–H and O–H groups in total. The number of alkyl halides is 3. The summed E-state index contributed by atoms with van der Waals surface area (Å²) in [6, 6.07) is 10.5. The zero-order valence-corrected chi connectivity index (χ0v) is 18.5. The summed E-state index contributed by atoms with van der Waals surface area (Å²) < 4.78 is 72.0. The second-order valence-electron chi connectivity index (χ2n) is 6.47. The fourth-order valence-electron chi connectivity index (χ4n) is 2.53. The number of carbonyl (C=O) groups excluding carboxylic acids is 2. The molecule has 0 radical (unpaired) electrons. The van der Waals surface area contributed by atoms with Crippen LogP contribution in [0.5, 0.6) is 11.5 Å². The van der Waals surface area contributed by atoms with Crippen LogP contribution in [-0.2, 0) is 19.6 Å². The Kier molecular flexibility index (Phi) is 7.32. The number of aromatic hydroxyl groups is 1. The third-order valence-corrected chi connectivity index (χ3v) is 6.71. The van der Waals surface area contributed by atoms with Gasteiger partial charge < -0.3 is 19.9 Å². The van der Waals surface area contributed by atoms with E-state index in [-0.39, 0.29) is 15.6 Å². The van der Waals surface area contributed by atoms with Crippen molar-refractivity contribution in [3.05, 3.63) is 65.5 Å². The minimum absolute atomic E-state index is 0.0243. The molecule has 0 saturated carbocycles. The predicted octanol–water partition coefficient (Wildman–Crippen LogP) is 3.95. The van der Waals surface area contributed by atoms with E-state index in [2.05, 4.69) is 14.8 Å². The summed E-state index contributed by atoms with van der Waals surface area (Å²) in [7, 11) is -3.90. The average molecular weight is 516 g/mol. The minimum Gasteiger partial charge on any atom is -0.507 e. The van der Waals surface area contributed by atoms with Crippen molar-refractivity contribution in [2.45, 2.75) is 10.6 Å². The molecular formula is C20H15F3N2O7S2. The summed E-state index contributed by atoms with van der Waals surface area (Å²) in [4.78, 5) is 24.3. The van der Waals surface area contributed by atoms with E-state index in [1.54, 1.807) is 11.4 Å². The summed E-state index contributed by atoms with van der Waals surface area (Å²) in [5.74, 6) is -2.92. The summed E-state index contributed by atoms with van der Waals surface area (Å²) in [5, 5.41) is 13.8. The van der Waals surface area contributed by atoms with E-state index in [1.807, 2.05) is 0 Å². The first-order valence-electron chi connectivity index (χ1n) is 9.15. The molecule has 1 heterocycles. The van der Waals surface area contributed by atoms with Crippen molar-refractivity contribution in [1.82, 2.24) is 0 Å². The number of amides is 1. The van der Waals surface area contributed by atoms with E-state index < -0.39 is 51.9 Å². The lowest BCUT2D eigenvalue weighted by molar-refractivity contribution is -0.274. The lowest BCUT2D eigenvalue weighted by Crippen LogP contribution is -2.21. The van der Waals surface area contributed by atoms with Crippen LogP contribution in [0.25, 0.3) is 0 Å². The number of phenols is 1. The quantitative estimate of drug-likeness (QED) is 0.305. The summed E-state index contributed by atoms with van der Waals surface area (Å²) in [6.07, 6.45) is -4.86. The molecule has 1 aromatic heterocycles. The molecule has 0 aliphatic rings. The highest BCUT2D eigenvalue weighted by Gasteiger charge is 2.31. The number of sulfonamides is 1. The lowest BCUT2D eigenvalue weighted by Gasteiger charge is -2.11. The van der Waals surface area contributed by atoms with Crippen LogP contribution < -0.4 is 14.8 Å². The Morgan fingerprint density at radius 2 is 1.71 bits per heavy atom. The van der Waals surface area contributed by atoms with Crippen LogP contribution in [0.2, 0.25) is 0 Å². The zero-order chi connectivity index (χ0) is 24.9. The predicted molar refractivity (Wildman–Crippen MR) is 115 cm³/mol. The van der Waals surface area contributed by atoms with Gasteiger partial charge in [0.25, 0.3) is 15.9 Å². The van der Waals surface area contributed by atoms with Crippen molar-refractivity contribution in [3.63, 3.8) is 0 Å². The van der Waals surface area contributed by atoms with Gasteiger partial charge in [-0.25, -0.2) is 13.2 Å². The number of hydrogen-bond donors (Lipinski definition) is 3. The number of halogens is 3. The summed E-state index contributed by atoms with van der Waals surface area (Å²) >= 11 is 0.985. The average Bonchev–Trinajstić information content (AvgIpc) is 3.30. The van der Waals surface area contributed by atoms with Crippen molar-refractivity contribution in [2.75, 3.05) is 16.6 Å². The molecule has 0 atom stereocenters. The summed E-state index contributed by atoms with van der Waals surface area (Å²) in [6.45, 7) is -0.787. The van der Waals surface area contributed by atoms with E-state index in [1.165, 1.54) is 12.1 Å². The maximum absolute atomic E-state index is 12.3. The van der Waals surface area contributed by atoms with Gasteiger partial charge in [0.05, 0.1) is 0 Å². The van der Waals surface area contributed by atoms with Crippen LogP contribution in [-0.4, -0.2) is 38.4 Å². The second kappa shape index (κ2) is 10.0. The molecule has 180 valence electrons. The number of benzene rings is 2. The number of carbonyl (C=O) groups is 2. The topological polar surface area (TPSA) is 131 Å². The lowest BCUT2D eigenvalue weighted by atomic mass is 10.2. The van der Waals surface area contributed by atoms with Gasteiger partial charge in [0.1, 0.15) is 21.3 Å². The Morgan fingerprint density at radius 1 is 1.03 bits per heavy atom. The number of esters is 1. The molecule has 0 aliphatic heterocycles. The van der Waals surface area contributed by atoms with E-state index in [0.717, 1.165) is 47.7 Å². The molecule has 3 aromatic rings. The Labute approximate surface area is 194 Å². The third kappa shape index (κ3) is 6.86. The first-order chi connectivity index (χ1) is 15.9. The smallest absolute Gasteiger partial charge is 0.507 e. The van der Waals surface area contributed by atoms with E-state index in [4.69, 9.17) is 4.74 Å². The van der Waals surface area contributed by atoms with Gasteiger partial charge in [-0.3, -0.25) is 9.52 Å². The Hall–Kier alpha value is -3.78. The van der Waals surface area contributed by atoms with E-state index in [9.17, 15) is 36.3 Å². The van der Waals surface area contributed by atoms with Gasteiger partial charge in [-0.2, -0.15) is 0 Å². The van der Waals surface area contributed by atoms with Crippen molar-refractivity contribution in [1.29, 1.82) is 0 Å². The number of rotatable bonds is 8. The van der Waals surface area contributed by atoms with Crippen LogP contribution >= 0.6 is 11.3 Å². The van der Waals surface area contributed by atoms with Gasteiger partial charge >= 0.3 is 12.3 Å². The highest BCUT2D eigenvalue weighted by Crippen LogP contribution is 2.26. The molecule has 3 rings (SSSR count). The molecule has 0 aliphatic carbocycles. The third-order valence-electron chi connectivity index (χ3n) is 3.93. The molecule has 0 fully saturated rings. The number of ether oxygens (including phenoxy) is 2. The largest absolute Gasteiger partial charge is 0.573 e. The standard InChI is InChI=1S/C20H15F3N2O7S2/c21-20(22,23)32-14-6-3-12(4-7-14)24-17(27)11-31-19(28)15-10-13(5-8-16(15)26)25-34(29,30)18-2-1-9-33-18/h1-10,25-26H,11H2,(H,24,27). The van der Waals surface area contributed by atoms with Crippen LogP contribution in [0.1, 0.15) is 10.4 Å². The molecule has 9 nitrogen and oxygen atoms in total. The number of anilines is 2. The molecule has 2 aromatic carbocycles. The molecule has 14 heteroatoms. The van der Waals surface area contributed by atoms with Crippen LogP contribution in [0, 0.1) is 0 Å². The number of phenolic OH excluding ortho intramolecular Hbond substituents is 1. The number of thiophene rings is 1. The van der Waals surface area contributed by atoms with Gasteiger partial charge in [-0.05, 0) is 53.9 Å². The fraction of sp³-hybridized carbons (Fsp3) is 0.100. The Balaban J connectivity index is 1.59. The highest BCUT2D eigenvalue weighted by atomic mass is 32.2. The van der Waals surface area contributed by atoms with E-state index in [0.29, 0.717) is 0 Å². The monoisotopic (exact) mass is 516 g/mol. The van der Waals surface area contributed by atoms with Crippen LogP contribution in [0.4, 0.5) is 24.5 Å². The normalized spacial score (nSPS) is 11.5. The SMILES string of the molecule is O=C(COC(=O)c1cc(NS(=O)(=O)c2cccs2)ccc1O)Nc1ccc(OC(F)(F)F)cc1. The fourth-order valence-corrected chi connectivity index (χ4v) is 4.57. The maximum atomic E-state index is 12.3. The van der Waals surface area contributed by atoms with Crippen LogP contribution in [0.3, 0.4) is 0 Å². The van der Waals surface area contributed by atoms with Crippen molar-refractivity contribution >= 4 is 44.6 Å². The van der Waals surface area contributed by atoms with Crippen molar-refractivity contribution < 1.29 is 45.8 Å². The molecule has 0 spiro atoms. The number of nitrogens with one attached hydrogen (secondary N) is 2. The highest BCUT2D eigenvalue weighted by molar-refractivity contribution is 7.94. The Morgan fingerprint density at radius 3 is 2.32 bits per heavy atom. The minimum atomic E-state index is -4.86. The van der Waals surface area contributed by atoms with Gasteiger partial charge in [-0.1, -0.05) is 6.07 Å². The van der Waals surface area contributed by atoms with Crippen molar-refractivity contribution in [2.24, 2.45) is 0 Å². The zero-order valence-electron chi connectivity index (χ0n) is 16.8. The maximum Gasteiger partial charge on any atom is 0.573 e. The summed E-state index contributed by atoms with van der Waals surface area (Å²) in [5.41, 5.74) is -0.306. The molecular weight excluding hydrogens is 501 g/mol. The van der Waals surface area contributed by atoms with Crippen molar-refractivity contribution in [3.8, 4) is 11.5 Å². The molecule has 34 heavy (non-hydrogen) atoms. The molecule has 0 bridgehead atoms. The molecule has 1 amide bonds. The van der Waals surface area contributed by atoms with Gasteiger partial charge in [-0.15, -0.1) is 24.5 Å². The second-order valence-corrected chi connectivity index (χ2v) is 9.32. The van der Waals surface area contributed by atoms with Crippen LogP contribution in [0.15, 0.2) is 64.2 Å². The Bertz CT molecular complexity index is 1280. The first kappa shape index (κ1) is 24.9. The van der Waals surface area contributed by atoms with Gasteiger partial charge in [0, 0.05) is 11.4 Å². The first-order valence-corrected chi connectivity index (χ1v) is 11.5. The van der Waals surface area contributed by atoms with E-state index >= 15 is 0 Å². The van der Waals surface area contributed by atoms with Gasteiger partial charge in [0.2, 0.25) is 0 Å². The molecule has 0 saturated heterocycles. The van der Waals surface area contributed by atoms with Gasteiger partial charge in [0.15, 0.2) is 6.61 Å². The number of hydrogen-bond acceptors (Lipinski definition) is 8.